The van der Waals surface area contributed by atoms with Gasteiger partial charge in [0.1, 0.15) is 23.7 Å². The molecule has 0 unspecified atom stereocenters. The van der Waals surface area contributed by atoms with Crippen molar-refractivity contribution in [1.29, 1.82) is 0 Å². The van der Waals surface area contributed by atoms with Crippen molar-refractivity contribution in [2.24, 2.45) is 0 Å². The van der Waals surface area contributed by atoms with Crippen molar-refractivity contribution < 1.29 is 19.4 Å². The number of hydrogen-bond donors (Lipinski definition) is 2. The van der Waals surface area contributed by atoms with E-state index in [1.165, 1.54) is 6.07 Å². The predicted octanol–water partition coefficient (Wildman–Crippen LogP) is 5.22. The predicted molar refractivity (Wildman–Crippen MR) is 121 cm³/mol. The van der Waals surface area contributed by atoms with Crippen LogP contribution in [0.2, 0.25) is 0 Å². The van der Waals surface area contributed by atoms with E-state index in [0.717, 1.165) is 16.5 Å². The molecular formula is C26H18N2O4. The van der Waals surface area contributed by atoms with Crippen LogP contribution in [0, 0.1) is 0 Å². The minimum atomic E-state index is -1.18. The van der Waals surface area contributed by atoms with Crippen LogP contribution in [0.5, 0.6) is 5.75 Å². The normalized spacial score (nSPS) is 11.0. The number of fused-ring (bicyclic) bond motifs is 3. The van der Waals surface area contributed by atoms with E-state index in [9.17, 15) is 14.7 Å². The van der Waals surface area contributed by atoms with Gasteiger partial charge in [-0.2, -0.15) is 0 Å². The number of benzene rings is 3. The summed E-state index contributed by atoms with van der Waals surface area (Å²) in [6, 6.07) is 25.6. The van der Waals surface area contributed by atoms with Gasteiger partial charge < -0.3 is 14.8 Å². The molecule has 3 aromatic carbocycles. The lowest BCUT2D eigenvalue weighted by atomic mass is 10.0. The summed E-state index contributed by atoms with van der Waals surface area (Å²) in [6.07, 6.45) is 0. The van der Waals surface area contributed by atoms with Gasteiger partial charge in [-0.25, -0.2) is 9.78 Å². The van der Waals surface area contributed by atoms with Gasteiger partial charge in [0.15, 0.2) is 0 Å². The highest BCUT2D eigenvalue weighted by Crippen LogP contribution is 2.29. The molecule has 0 aliphatic heterocycles. The van der Waals surface area contributed by atoms with Crippen molar-refractivity contribution in [2.75, 3.05) is 0 Å². The lowest BCUT2D eigenvalue weighted by molar-refractivity contribution is 0.0690. The van der Waals surface area contributed by atoms with Gasteiger partial charge in [0, 0.05) is 21.9 Å². The van der Waals surface area contributed by atoms with Crippen LogP contribution >= 0.6 is 0 Å². The number of carboxylic acid groups (broad SMARTS) is 1. The van der Waals surface area contributed by atoms with Gasteiger partial charge in [0.2, 0.25) is 5.78 Å². The van der Waals surface area contributed by atoms with E-state index in [0.29, 0.717) is 28.8 Å². The van der Waals surface area contributed by atoms with Crippen LogP contribution in [0.4, 0.5) is 0 Å². The number of carboxylic acids is 1. The van der Waals surface area contributed by atoms with Crippen LogP contribution < -0.4 is 4.74 Å². The number of ketones is 1. The molecule has 6 nitrogen and oxygen atoms in total. The third-order valence-electron chi connectivity index (χ3n) is 5.30. The van der Waals surface area contributed by atoms with E-state index in [2.05, 4.69) is 9.97 Å². The average molecular weight is 422 g/mol. The third-order valence-corrected chi connectivity index (χ3v) is 5.30. The number of carbonyl (C=O) groups is 2. The molecule has 0 fully saturated rings. The summed E-state index contributed by atoms with van der Waals surface area (Å²) in [5.74, 6) is -0.913. The Labute approximate surface area is 183 Å². The summed E-state index contributed by atoms with van der Waals surface area (Å²) in [6.45, 7) is 0.423. The highest BCUT2D eigenvalue weighted by atomic mass is 16.5. The van der Waals surface area contributed by atoms with Crippen LogP contribution in [-0.2, 0) is 6.61 Å². The first-order valence-electron chi connectivity index (χ1n) is 10.1. The van der Waals surface area contributed by atoms with Gasteiger partial charge in [-0.05, 0) is 42.0 Å². The van der Waals surface area contributed by atoms with Crippen LogP contribution in [0.3, 0.4) is 0 Å². The molecule has 0 aliphatic rings. The number of hydrogen-bond acceptors (Lipinski definition) is 4. The molecular weight excluding hydrogens is 404 g/mol. The zero-order chi connectivity index (χ0) is 22.1. The SMILES string of the molecule is O=C(O)c1cc2c([nH]c3ccccc32)c(C(=O)c2ccc(OCc3ccccc3)cc2)n1. The molecule has 0 aliphatic carbocycles. The maximum Gasteiger partial charge on any atom is 0.354 e. The topological polar surface area (TPSA) is 92.3 Å². The van der Waals surface area contributed by atoms with Crippen LogP contribution in [0.25, 0.3) is 21.8 Å². The number of carbonyl (C=O) groups excluding carboxylic acids is 1. The number of rotatable bonds is 6. The number of para-hydroxylation sites is 1. The molecule has 6 heteroatoms. The summed E-state index contributed by atoms with van der Waals surface area (Å²) in [5.41, 5.74) is 2.68. The molecule has 2 aromatic heterocycles. The number of aromatic amines is 1. The van der Waals surface area contributed by atoms with E-state index in [1.54, 1.807) is 24.3 Å². The van der Waals surface area contributed by atoms with E-state index in [1.807, 2.05) is 54.6 Å². The van der Waals surface area contributed by atoms with Gasteiger partial charge >= 0.3 is 5.97 Å². The Kier molecular flexibility index (Phi) is 4.88. The molecule has 5 rings (SSSR count). The quantitative estimate of drug-likeness (QED) is 0.366. The number of nitrogens with one attached hydrogen (secondary N) is 1. The fourth-order valence-corrected chi connectivity index (χ4v) is 3.70. The zero-order valence-electron chi connectivity index (χ0n) is 16.9. The molecule has 5 aromatic rings. The fourth-order valence-electron chi connectivity index (χ4n) is 3.70. The first kappa shape index (κ1) is 19.5. The van der Waals surface area contributed by atoms with Gasteiger partial charge in [-0.3, -0.25) is 4.79 Å². The van der Waals surface area contributed by atoms with Crippen molar-refractivity contribution >= 4 is 33.6 Å². The minimum Gasteiger partial charge on any atom is -0.489 e. The fraction of sp³-hybridized carbons (Fsp3) is 0.0385. The average Bonchev–Trinajstić information content (AvgIpc) is 3.21. The minimum absolute atomic E-state index is 0.0778. The summed E-state index contributed by atoms with van der Waals surface area (Å²) in [4.78, 5) is 32.3. The summed E-state index contributed by atoms with van der Waals surface area (Å²) < 4.78 is 5.78. The summed E-state index contributed by atoms with van der Waals surface area (Å²) in [7, 11) is 0. The Bertz CT molecular complexity index is 1450. The van der Waals surface area contributed by atoms with E-state index >= 15 is 0 Å². The molecule has 0 spiro atoms. The van der Waals surface area contributed by atoms with Gasteiger partial charge in [0.05, 0.1) is 5.52 Å². The third kappa shape index (κ3) is 3.58. The standard InChI is InChI=1S/C26H18N2O4/c29-25(17-10-12-18(13-11-17)32-15-16-6-2-1-3-7-16)24-23-20(14-22(28-24)26(30)31)19-8-4-5-9-21(19)27-23/h1-14,27H,15H2,(H,30,31). The van der Waals surface area contributed by atoms with E-state index in [-0.39, 0.29) is 17.2 Å². The van der Waals surface area contributed by atoms with Crippen LogP contribution in [-0.4, -0.2) is 26.8 Å². The number of ether oxygens (including phenoxy) is 1. The molecule has 0 atom stereocenters. The number of H-pyrrole nitrogens is 1. The Hall–Kier alpha value is -4.45. The first-order chi connectivity index (χ1) is 15.6. The van der Waals surface area contributed by atoms with Gasteiger partial charge in [-0.15, -0.1) is 0 Å². The van der Waals surface area contributed by atoms with E-state index < -0.39 is 5.97 Å². The molecule has 156 valence electrons. The second-order valence-corrected chi connectivity index (χ2v) is 7.38. The van der Waals surface area contributed by atoms with Crippen molar-refractivity contribution in [1.82, 2.24) is 9.97 Å². The zero-order valence-corrected chi connectivity index (χ0v) is 16.9. The Morgan fingerprint density at radius 1 is 0.875 bits per heavy atom. The first-order valence-corrected chi connectivity index (χ1v) is 10.1. The lowest BCUT2D eigenvalue weighted by Gasteiger charge is -2.08. The van der Waals surface area contributed by atoms with E-state index in [4.69, 9.17) is 4.74 Å². The smallest absolute Gasteiger partial charge is 0.354 e. The highest BCUT2D eigenvalue weighted by molar-refractivity contribution is 6.19. The Morgan fingerprint density at radius 2 is 1.59 bits per heavy atom. The van der Waals surface area contributed by atoms with Gasteiger partial charge in [-0.1, -0.05) is 48.5 Å². The molecule has 0 saturated carbocycles. The van der Waals surface area contributed by atoms with Crippen LogP contribution in [0.1, 0.15) is 32.1 Å². The molecule has 0 saturated heterocycles. The summed E-state index contributed by atoms with van der Waals surface area (Å²) >= 11 is 0. The number of nitrogens with zero attached hydrogens (tertiary/aromatic N) is 1. The number of aromatic carboxylic acids is 1. The molecule has 0 amide bonds. The molecule has 0 bridgehead atoms. The maximum absolute atomic E-state index is 13.3. The largest absolute Gasteiger partial charge is 0.489 e. The monoisotopic (exact) mass is 422 g/mol. The molecule has 32 heavy (non-hydrogen) atoms. The number of pyridine rings is 1. The van der Waals surface area contributed by atoms with Crippen molar-refractivity contribution in [3.63, 3.8) is 0 Å². The lowest BCUT2D eigenvalue weighted by Crippen LogP contribution is -2.10. The van der Waals surface area contributed by atoms with Crippen molar-refractivity contribution in [3.8, 4) is 5.75 Å². The Morgan fingerprint density at radius 3 is 2.34 bits per heavy atom. The van der Waals surface area contributed by atoms with Crippen molar-refractivity contribution in [2.45, 2.75) is 6.61 Å². The van der Waals surface area contributed by atoms with Crippen LogP contribution in [0.15, 0.2) is 84.9 Å². The summed E-state index contributed by atoms with van der Waals surface area (Å²) in [5, 5.41) is 11.0. The second kappa shape index (κ2) is 8.00. The highest BCUT2D eigenvalue weighted by Gasteiger charge is 2.21. The Balaban J connectivity index is 1.49. The second-order valence-electron chi connectivity index (χ2n) is 7.38. The van der Waals surface area contributed by atoms with Gasteiger partial charge in [0.25, 0.3) is 0 Å². The molecule has 2 heterocycles. The maximum atomic E-state index is 13.3. The van der Waals surface area contributed by atoms with Crippen molar-refractivity contribution in [3.05, 3.63) is 107 Å². The number of aromatic nitrogens is 2. The molecule has 2 N–H and O–H groups in total. The molecule has 0 radical (unpaired) electrons.